The van der Waals surface area contributed by atoms with Crippen molar-refractivity contribution < 1.29 is 58.3 Å². The number of methoxy groups -OCH3 is 1. The number of nitrogens with one attached hydrogen (secondary N) is 2. The SMILES string of the molecule is CO[C@H]1/C=C/O[C@@]2(C)Oc3c(C)c(O)c4c(c3/C2=N/OCCN2CC(C)NC(C)C2)C(=O)C=C(NC(=O)/C(C)=C\C=C\[C@@H](C)[C@H](O)[C@@H](C)[C@H](O)[C@@H](C)[C@H](OC(C)=O)[C@@H]1C)C4=O. The van der Waals surface area contributed by atoms with Crippen LogP contribution in [0.3, 0.4) is 0 Å². The Labute approximate surface area is 357 Å². The maximum absolute atomic E-state index is 14.1. The Hall–Kier alpha value is -4.87. The number of allylic oxidation sites excluding steroid dienone is 4. The number of rotatable bonds is 6. The highest BCUT2D eigenvalue weighted by Crippen LogP contribution is 2.48. The average molecular weight is 851 g/mol. The first kappa shape index (κ1) is 47.2. The predicted octanol–water partition coefficient (Wildman–Crippen LogP) is 3.85. The van der Waals surface area contributed by atoms with Crippen LogP contribution in [0.15, 0.2) is 53.1 Å². The summed E-state index contributed by atoms with van der Waals surface area (Å²) in [5.74, 6) is -7.45. The van der Waals surface area contributed by atoms with Gasteiger partial charge in [-0.1, -0.05) is 51.1 Å². The van der Waals surface area contributed by atoms with Crippen LogP contribution < -0.4 is 15.4 Å². The first-order valence-corrected chi connectivity index (χ1v) is 20.9. The summed E-state index contributed by atoms with van der Waals surface area (Å²) in [7, 11) is 1.47. The van der Waals surface area contributed by atoms with Crippen molar-refractivity contribution in [3.63, 3.8) is 0 Å². The van der Waals surface area contributed by atoms with E-state index in [4.69, 9.17) is 23.8 Å². The van der Waals surface area contributed by atoms with E-state index >= 15 is 0 Å². The number of hydrogen-bond donors (Lipinski definition) is 5. The lowest BCUT2D eigenvalue weighted by Crippen LogP contribution is -2.54. The summed E-state index contributed by atoms with van der Waals surface area (Å²) < 4.78 is 24.4. The number of fused-ring (bicyclic) bond motifs is 14. The third-order valence-corrected chi connectivity index (χ3v) is 12.1. The highest BCUT2D eigenvalue weighted by molar-refractivity contribution is 6.31. The van der Waals surface area contributed by atoms with Crippen LogP contribution in [-0.2, 0) is 28.6 Å². The molecule has 6 rings (SSSR count). The van der Waals surface area contributed by atoms with Gasteiger partial charge in [0.05, 0.1) is 47.0 Å². The molecule has 1 aliphatic carbocycles. The number of piperazine rings is 1. The van der Waals surface area contributed by atoms with Gasteiger partial charge >= 0.3 is 5.97 Å². The van der Waals surface area contributed by atoms with Gasteiger partial charge in [0.2, 0.25) is 5.78 Å². The van der Waals surface area contributed by atoms with Gasteiger partial charge in [0.15, 0.2) is 11.5 Å². The van der Waals surface area contributed by atoms with Crippen molar-refractivity contribution in [3.05, 3.63) is 70.2 Å². The number of carbonyl (C=O) groups is 4. The van der Waals surface area contributed by atoms with E-state index in [9.17, 15) is 34.5 Å². The van der Waals surface area contributed by atoms with Gasteiger partial charge in [0, 0.05) is 93.6 Å². The van der Waals surface area contributed by atoms with E-state index in [2.05, 4.69) is 34.5 Å². The number of amides is 1. The number of benzene rings is 1. The van der Waals surface area contributed by atoms with E-state index in [1.165, 1.54) is 40.2 Å². The monoisotopic (exact) mass is 850 g/mol. The fourth-order valence-electron chi connectivity index (χ4n) is 8.66. The van der Waals surface area contributed by atoms with Crippen LogP contribution >= 0.6 is 0 Å². The molecule has 16 nitrogen and oxygen atoms in total. The summed E-state index contributed by atoms with van der Waals surface area (Å²) in [6.45, 7) is 19.4. The molecule has 1 aromatic carbocycles. The van der Waals surface area contributed by atoms with Gasteiger partial charge in [0.1, 0.15) is 24.2 Å². The number of esters is 1. The van der Waals surface area contributed by atoms with E-state index in [0.29, 0.717) is 6.54 Å². The predicted molar refractivity (Wildman–Crippen MR) is 226 cm³/mol. The van der Waals surface area contributed by atoms with Gasteiger partial charge in [-0.2, -0.15) is 0 Å². The molecule has 5 bridgehead atoms. The van der Waals surface area contributed by atoms with E-state index < -0.39 is 83.1 Å². The number of aliphatic hydroxyl groups excluding tert-OH is 2. The molecule has 0 saturated carbocycles. The third kappa shape index (κ3) is 10.1. The molecule has 4 aliphatic heterocycles. The second-order valence-electron chi connectivity index (χ2n) is 17.1. The normalized spacial score (nSPS) is 35.3. The molecule has 1 amide bonds. The standard InChI is InChI=1S/C45H62N4O12/c1-22-13-12-14-23(2)44(56)47-31-19-32(51)34-35(40(31)55)39(54)29(8)42-36(34)43(48-59-18-16-49-20-24(3)46-25(4)21-49)45(10,61-42)58-17-15-33(57-11)26(5)41(60-30(9)50)28(7)38(53)27(6)37(22)52/h12-15,17,19,22,24-28,33,37-38,41,46,52-54H,16,18,20-21H2,1-11H3,(H,47,56)/b13-12+,17-15+,23-14-,48-43-/t22-,24?,25?,26-,27-,28-,33+,37+,38+,41-,45+/m1/s1. The number of aromatic hydroxyl groups is 1. The molecule has 0 aromatic heterocycles. The number of carbonyl (C=O) groups excluding carboxylic acids is 4. The third-order valence-electron chi connectivity index (χ3n) is 12.1. The Kier molecular flexibility index (Phi) is 15.0. The molecule has 334 valence electrons. The summed E-state index contributed by atoms with van der Waals surface area (Å²) in [6, 6.07) is 0.558. The van der Waals surface area contributed by atoms with E-state index in [1.807, 2.05) is 0 Å². The number of ketones is 2. The zero-order chi connectivity index (χ0) is 45.1. The summed E-state index contributed by atoms with van der Waals surface area (Å²) >= 11 is 0. The summed E-state index contributed by atoms with van der Waals surface area (Å²) in [4.78, 5) is 62.2. The second-order valence-corrected chi connectivity index (χ2v) is 17.1. The zero-order valence-electron chi connectivity index (χ0n) is 37.0. The van der Waals surface area contributed by atoms with Crippen molar-refractivity contribution in [1.82, 2.24) is 15.5 Å². The summed E-state index contributed by atoms with van der Waals surface area (Å²) in [6.07, 6.45) is 4.82. The molecule has 61 heavy (non-hydrogen) atoms. The van der Waals surface area contributed by atoms with Gasteiger partial charge in [-0.25, -0.2) is 0 Å². The number of hydrogen-bond acceptors (Lipinski definition) is 15. The lowest BCUT2D eigenvalue weighted by molar-refractivity contribution is -0.160. The van der Waals surface area contributed by atoms with Crippen molar-refractivity contribution in [3.8, 4) is 11.5 Å². The highest BCUT2D eigenvalue weighted by Gasteiger charge is 2.51. The lowest BCUT2D eigenvalue weighted by atomic mass is 9.78. The fourth-order valence-corrected chi connectivity index (χ4v) is 8.66. The number of oxime groups is 1. The molecule has 11 atom stereocenters. The van der Waals surface area contributed by atoms with Gasteiger partial charge in [-0.05, 0) is 33.8 Å². The average Bonchev–Trinajstić information content (AvgIpc) is 3.49. The smallest absolute Gasteiger partial charge is 0.302 e. The van der Waals surface area contributed by atoms with Crippen LogP contribution in [0.25, 0.3) is 0 Å². The molecule has 1 fully saturated rings. The topological polar surface area (TPSA) is 215 Å². The Bertz CT molecular complexity index is 2010. The molecule has 5 N–H and O–H groups in total. The van der Waals surface area contributed by atoms with E-state index in [-0.39, 0.29) is 63.7 Å². The minimum absolute atomic E-state index is 0.00827. The maximum Gasteiger partial charge on any atom is 0.302 e. The first-order chi connectivity index (χ1) is 28.7. The molecular weight excluding hydrogens is 789 g/mol. The minimum atomic E-state index is -1.80. The molecule has 16 heteroatoms. The van der Waals surface area contributed by atoms with Crippen LogP contribution in [0.1, 0.15) is 94.2 Å². The quantitative estimate of drug-likeness (QED) is 0.156. The van der Waals surface area contributed by atoms with E-state index in [1.54, 1.807) is 52.8 Å². The maximum atomic E-state index is 14.1. The van der Waals surface area contributed by atoms with Gasteiger partial charge in [-0.15, -0.1) is 0 Å². The van der Waals surface area contributed by atoms with Crippen LogP contribution in [0.5, 0.6) is 11.5 Å². The molecular formula is C45H62N4O12. The molecule has 1 aromatic rings. The van der Waals surface area contributed by atoms with Crippen LogP contribution in [0, 0.1) is 30.6 Å². The number of ether oxygens (including phenoxy) is 4. The number of aliphatic hydroxyl groups is 2. The molecule has 0 radical (unpaired) electrons. The number of phenols is 1. The zero-order valence-corrected chi connectivity index (χ0v) is 37.0. The minimum Gasteiger partial charge on any atom is -0.507 e. The van der Waals surface area contributed by atoms with Crippen molar-refractivity contribution in [2.45, 2.75) is 112 Å². The number of Topliss-reactive ketones (excluding diaryl/α,β-unsaturated/α-hetero) is 1. The lowest BCUT2D eigenvalue weighted by Gasteiger charge is -2.38. The van der Waals surface area contributed by atoms with Crippen molar-refractivity contribution >= 4 is 29.2 Å². The van der Waals surface area contributed by atoms with Crippen molar-refractivity contribution in [2.75, 3.05) is 33.4 Å². The highest BCUT2D eigenvalue weighted by atomic mass is 16.7. The summed E-state index contributed by atoms with van der Waals surface area (Å²) in [5, 5.41) is 44.9. The van der Waals surface area contributed by atoms with Crippen LogP contribution in [0.4, 0.5) is 0 Å². The van der Waals surface area contributed by atoms with Crippen LogP contribution in [0.2, 0.25) is 0 Å². The Balaban J connectivity index is 1.62. The Morgan fingerprint density at radius 1 is 0.967 bits per heavy atom. The van der Waals surface area contributed by atoms with Gasteiger partial charge in [-0.3, -0.25) is 24.1 Å². The van der Waals surface area contributed by atoms with E-state index in [0.717, 1.165) is 19.2 Å². The number of phenolic OH excluding ortho intramolecular Hbond substituents is 1. The molecule has 1 saturated heterocycles. The van der Waals surface area contributed by atoms with Crippen molar-refractivity contribution in [1.29, 1.82) is 0 Å². The van der Waals surface area contributed by atoms with Crippen LogP contribution in [-0.4, -0.2) is 125 Å². The molecule has 2 unspecified atom stereocenters. The van der Waals surface area contributed by atoms with Crippen molar-refractivity contribution in [2.24, 2.45) is 28.8 Å². The second kappa shape index (κ2) is 19.5. The van der Waals surface area contributed by atoms with Gasteiger partial charge < -0.3 is 49.7 Å². The first-order valence-electron chi connectivity index (χ1n) is 20.9. The molecule has 4 heterocycles. The Morgan fingerprint density at radius 3 is 2.28 bits per heavy atom. The molecule has 5 aliphatic rings. The summed E-state index contributed by atoms with van der Waals surface area (Å²) in [5.41, 5.74) is -0.496. The largest absolute Gasteiger partial charge is 0.507 e. The molecule has 0 spiro atoms. The Morgan fingerprint density at radius 2 is 1.64 bits per heavy atom. The van der Waals surface area contributed by atoms with Gasteiger partial charge in [0.25, 0.3) is 11.7 Å². The number of nitrogens with zero attached hydrogens (tertiary/aromatic N) is 2. The fraction of sp³-hybridized carbons (Fsp3) is 0.578.